The molecule has 1 aliphatic carbocycles. The van der Waals surface area contributed by atoms with Gasteiger partial charge in [-0.1, -0.05) is 11.8 Å². The Morgan fingerprint density at radius 2 is 1.63 bits per heavy atom. The van der Waals surface area contributed by atoms with Crippen LogP contribution < -0.4 is 10.1 Å². The van der Waals surface area contributed by atoms with Gasteiger partial charge in [-0.25, -0.2) is 0 Å². The molecule has 1 aliphatic rings. The number of methoxy groups -OCH3 is 1. The smallest absolute Gasteiger partial charge is 0.253 e. The van der Waals surface area contributed by atoms with Crippen molar-refractivity contribution in [1.82, 2.24) is 10.2 Å². The summed E-state index contributed by atoms with van der Waals surface area (Å²) in [5, 5.41) is 2.88. The minimum atomic E-state index is -0.0220. The quantitative estimate of drug-likeness (QED) is 0.777. The summed E-state index contributed by atoms with van der Waals surface area (Å²) in [6.45, 7) is 2.56. The Hall–Kier alpha value is -3.26. The molecule has 2 unspecified atom stereocenters. The molecule has 0 bridgehead atoms. The van der Waals surface area contributed by atoms with Gasteiger partial charge >= 0.3 is 0 Å². The second-order valence-corrected chi connectivity index (χ2v) is 7.53. The number of nitrogens with zero attached hydrogens (tertiary/aromatic N) is 1. The summed E-state index contributed by atoms with van der Waals surface area (Å²) in [6.07, 6.45) is 2.41. The Kier molecular flexibility index (Phi) is 7.13. The van der Waals surface area contributed by atoms with E-state index in [1.807, 2.05) is 62.5 Å². The first-order chi connectivity index (χ1) is 14.5. The van der Waals surface area contributed by atoms with Crippen LogP contribution >= 0.6 is 0 Å². The van der Waals surface area contributed by atoms with E-state index in [1.54, 1.807) is 12.0 Å². The highest BCUT2D eigenvalue weighted by molar-refractivity contribution is 5.94. The van der Waals surface area contributed by atoms with Gasteiger partial charge in [0.15, 0.2) is 0 Å². The molecule has 2 amide bonds. The van der Waals surface area contributed by atoms with E-state index in [-0.39, 0.29) is 23.8 Å². The lowest BCUT2D eigenvalue weighted by atomic mass is 10.1. The van der Waals surface area contributed by atoms with E-state index in [1.165, 1.54) is 0 Å². The van der Waals surface area contributed by atoms with Crippen LogP contribution in [-0.2, 0) is 4.79 Å². The topological polar surface area (TPSA) is 58.6 Å². The van der Waals surface area contributed by atoms with Crippen LogP contribution in [0.4, 0.5) is 0 Å². The fourth-order valence-electron chi connectivity index (χ4n) is 3.75. The summed E-state index contributed by atoms with van der Waals surface area (Å²) in [4.78, 5) is 26.7. The molecule has 0 radical (unpaired) electrons. The van der Waals surface area contributed by atoms with Gasteiger partial charge in [-0.15, -0.1) is 0 Å². The van der Waals surface area contributed by atoms with Crippen molar-refractivity contribution in [2.75, 3.05) is 20.7 Å². The lowest BCUT2D eigenvalue weighted by molar-refractivity contribution is -0.124. The van der Waals surface area contributed by atoms with Crippen LogP contribution in [0.15, 0.2) is 48.5 Å². The van der Waals surface area contributed by atoms with Crippen molar-refractivity contribution in [1.29, 1.82) is 0 Å². The molecule has 0 saturated heterocycles. The Bertz CT molecular complexity index is 939. The van der Waals surface area contributed by atoms with E-state index in [9.17, 15) is 9.59 Å². The first-order valence-corrected chi connectivity index (χ1v) is 10.3. The van der Waals surface area contributed by atoms with E-state index in [2.05, 4.69) is 17.2 Å². The van der Waals surface area contributed by atoms with Crippen LogP contribution in [0.25, 0.3) is 0 Å². The van der Waals surface area contributed by atoms with Gasteiger partial charge in [0.05, 0.1) is 7.11 Å². The molecule has 0 aliphatic heterocycles. The number of hydrogen-bond donors (Lipinski definition) is 1. The van der Waals surface area contributed by atoms with Crippen molar-refractivity contribution in [2.45, 2.75) is 32.2 Å². The SMILES string of the molecule is CCNC(=O)C1CCC(N(C)C(=O)c2ccc(C#Cc3ccc(OC)cc3)cc2)C1. The number of amides is 2. The van der Waals surface area contributed by atoms with Crippen LogP contribution in [0.2, 0.25) is 0 Å². The molecule has 1 saturated carbocycles. The van der Waals surface area contributed by atoms with Crippen LogP contribution in [0.3, 0.4) is 0 Å². The molecule has 3 rings (SSSR count). The van der Waals surface area contributed by atoms with E-state index in [0.29, 0.717) is 12.1 Å². The molecular formula is C25H28N2O3. The maximum atomic E-state index is 12.9. The molecule has 2 atom stereocenters. The number of carbonyl (C=O) groups is 2. The normalized spacial score (nSPS) is 17.6. The number of ether oxygens (including phenoxy) is 1. The molecule has 5 heteroatoms. The first kappa shape index (κ1) is 21.4. The van der Waals surface area contributed by atoms with Gasteiger partial charge in [-0.2, -0.15) is 0 Å². The van der Waals surface area contributed by atoms with Crippen LogP contribution in [0, 0.1) is 17.8 Å². The second kappa shape index (κ2) is 9.98. The lowest BCUT2D eigenvalue weighted by Gasteiger charge is -2.24. The van der Waals surface area contributed by atoms with Crippen LogP contribution in [0.5, 0.6) is 5.75 Å². The zero-order valence-corrected chi connectivity index (χ0v) is 17.8. The van der Waals surface area contributed by atoms with Gasteiger partial charge < -0.3 is 15.0 Å². The van der Waals surface area contributed by atoms with Crippen LogP contribution in [-0.4, -0.2) is 43.5 Å². The van der Waals surface area contributed by atoms with E-state index >= 15 is 0 Å². The Balaban J connectivity index is 1.61. The maximum absolute atomic E-state index is 12.9. The van der Waals surface area contributed by atoms with Gasteiger partial charge in [0, 0.05) is 42.2 Å². The minimum absolute atomic E-state index is 0.000745. The molecule has 156 valence electrons. The number of hydrogen-bond acceptors (Lipinski definition) is 3. The molecule has 2 aromatic rings. The number of benzene rings is 2. The summed E-state index contributed by atoms with van der Waals surface area (Å²) in [7, 11) is 3.46. The predicted octanol–water partition coefficient (Wildman–Crippen LogP) is 3.47. The first-order valence-electron chi connectivity index (χ1n) is 10.3. The van der Waals surface area contributed by atoms with Crippen molar-refractivity contribution < 1.29 is 14.3 Å². The predicted molar refractivity (Wildman–Crippen MR) is 117 cm³/mol. The third kappa shape index (κ3) is 5.21. The summed E-state index contributed by atoms with van der Waals surface area (Å²) < 4.78 is 5.15. The molecule has 5 nitrogen and oxygen atoms in total. The molecule has 30 heavy (non-hydrogen) atoms. The fraction of sp³-hybridized carbons (Fsp3) is 0.360. The van der Waals surface area contributed by atoms with E-state index < -0.39 is 0 Å². The van der Waals surface area contributed by atoms with Crippen molar-refractivity contribution >= 4 is 11.8 Å². The van der Waals surface area contributed by atoms with Crippen molar-refractivity contribution in [2.24, 2.45) is 5.92 Å². The number of rotatable bonds is 5. The minimum Gasteiger partial charge on any atom is -0.497 e. The van der Waals surface area contributed by atoms with Gasteiger partial charge in [-0.05, 0) is 74.7 Å². The van der Waals surface area contributed by atoms with Gasteiger partial charge in [-0.3, -0.25) is 9.59 Å². The summed E-state index contributed by atoms with van der Waals surface area (Å²) in [5.41, 5.74) is 2.38. The Labute approximate surface area is 178 Å². The van der Waals surface area contributed by atoms with Gasteiger partial charge in [0.1, 0.15) is 5.75 Å². The van der Waals surface area contributed by atoms with Crippen molar-refractivity contribution in [3.05, 3.63) is 65.2 Å². The summed E-state index contributed by atoms with van der Waals surface area (Å²) in [6, 6.07) is 15.0. The lowest BCUT2D eigenvalue weighted by Crippen LogP contribution is -2.36. The largest absolute Gasteiger partial charge is 0.497 e. The molecule has 2 aromatic carbocycles. The molecule has 0 spiro atoms. The average molecular weight is 405 g/mol. The molecule has 0 aromatic heterocycles. The van der Waals surface area contributed by atoms with Crippen molar-refractivity contribution in [3.8, 4) is 17.6 Å². The highest BCUT2D eigenvalue weighted by Crippen LogP contribution is 2.29. The summed E-state index contributed by atoms with van der Waals surface area (Å²) in [5.74, 6) is 7.11. The molecular weight excluding hydrogens is 376 g/mol. The average Bonchev–Trinajstić information content (AvgIpc) is 3.28. The van der Waals surface area contributed by atoms with Crippen LogP contribution in [0.1, 0.15) is 47.7 Å². The maximum Gasteiger partial charge on any atom is 0.253 e. The highest BCUT2D eigenvalue weighted by Gasteiger charge is 2.33. The standard InChI is InChI=1S/C25H28N2O3/c1-4-26-24(28)21-13-14-22(17-21)27(2)25(29)20-11-7-18(8-12-20)5-6-19-9-15-23(30-3)16-10-19/h7-12,15-16,21-22H,4,13-14,17H2,1-3H3,(H,26,28). The zero-order valence-electron chi connectivity index (χ0n) is 17.8. The third-order valence-electron chi connectivity index (χ3n) is 5.57. The number of carbonyl (C=O) groups excluding carboxylic acids is 2. The van der Waals surface area contributed by atoms with Gasteiger partial charge in [0.25, 0.3) is 5.91 Å². The molecule has 1 N–H and O–H groups in total. The monoisotopic (exact) mass is 404 g/mol. The van der Waals surface area contributed by atoms with Crippen molar-refractivity contribution in [3.63, 3.8) is 0 Å². The van der Waals surface area contributed by atoms with E-state index in [4.69, 9.17) is 4.74 Å². The highest BCUT2D eigenvalue weighted by atomic mass is 16.5. The Morgan fingerprint density at radius 3 is 2.20 bits per heavy atom. The summed E-state index contributed by atoms with van der Waals surface area (Å²) >= 11 is 0. The molecule has 1 fully saturated rings. The van der Waals surface area contributed by atoms with Gasteiger partial charge in [0.2, 0.25) is 5.91 Å². The zero-order chi connectivity index (χ0) is 21.5. The van der Waals surface area contributed by atoms with E-state index in [0.717, 1.165) is 36.1 Å². The second-order valence-electron chi connectivity index (χ2n) is 7.53. The third-order valence-corrected chi connectivity index (χ3v) is 5.57. The molecule has 0 heterocycles. The Morgan fingerprint density at radius 1 is 1.03 bits per heavy atom. The fourth-order valence-corrected chi connectivity index (χ4v) is 3.75. The number of nitrogens with one attached hydrogen (secondary N) is 1.